The Labute approximate surface area is 204 Å². The maximum absolute atomic E-state index is 13.4. The fourth-order valence-corrected chi connectivity index (χ4v) is 4.87. The van der Waals surface area contributed by atoms with E-state index in [9.17, 15) is 19.8 Å². The molecule has 182 valence electrons. The SMILES string of the molecule is CCCC(CCC)C1/C(=C(/O)c2ccc(CO)cc2)C(=O)C(=O)N1c1ccc(-c2ccon2)cc1. The third-order valence-corrected chi connectivity index (χ3v) is 6.54. The molecule has 1 aliphatic heterocycles. The molecule has 4 rings (SSSR count). The van der Waals surface area contributed by atoms with Crippen LogP contribution in [0.5, 0.6) is 0 Å². The number of rotatable bonds is 9. The Bertz CT molecular complexity index is 1190. The summed E-state index contributed by atoms with van der Waals surface area (Å²) < 4.78 is 4.92. The highest BCUT2D eigenvalue weighted by Crippen LogP contribution is 2.39. The van der Waals surface area contributed by atoms with Crippen LogP contribution in [-0.4, -0.2) is 33.1 Å². The first-order valence-corrected chi connectivity index (χ1v) is 12.0. The van der Waals surface area contributed by atoms with Crippen molar-refractivity contribution in [1.82, 2.24) is 5.16 Å². The number of amides is 1. The lowest BCUT2D eigenvalue weighted by atomic mass is 9.84. The lowest BCUT2D eigenvalue weighted by Crippen LogP contribution is -2.39. The van der Waals surface area contributed by atoms with Crippen LogP contribution < -0.4 is 4.90 Å². The van der Waals surface area contributed by atoms with E-state index in [1.807, 2.05) is 12.1 Å². The maximum atomic E-state index is 13.4. The monoisotopic (exact) mass is 474 g/mol. The van der Waals surface area contributed by atoms with Crippen molar-refractivity contribution < 1.29 is 24.3 Å². The topological polar surface area (TPSA) is 104 Å². The van der Waals surface area contributed by atoms with E-state index in [0.29, 0.717) is 22.5 Å². The van der Waals surface area contributed by atoms with Gasteiger partial charge in [-0.3, -0.25) is 14.5 Å². The van der Waals surface area contributed by atoms with Crippen LogP contribution in [0, 0.1) is 5.92 Å². The van der Waals surface area contributed by atoms with Gasteiger partial charge in [0.05, 0.1) is 18.2 Å². The molecule has 1 unspecified atom stereocenters. The molecule has 0 bridgehead atoms. The second kappa shape index (κ2) is 10.7. The van der Waals surface area contributed by atoms with Crippen LogP contribution in [0.1, 0.15) is 50.7 Å². The Morgan fingerprint density at radius 2 is 1.66 bits per heavy atom. The zero-order chi connectivity index (χ0) is 24.9. The molecule has 1 saturated heterocycles. The number of aliphatic hydroxyl groups is 2. The number of nitrogens with zero attached hydrogens (tertiary/aromatic N) is 2. The van der Waals surface area contributed by atoms with Crippen LogP contribution in [0.15, 0.2) is 71.0 Å². The van der Waals surface area contributed by atoms with Gasteiger partial charge in [0.2, 0.25) is 0 Å². The van der Waals surface area contributed by atoms with E-state index < -0.39 is 17.7 Å². The zero-order valence-electron chi connectivity index (χ0n) is 20.0. The van der Waals surface area contributed by atoms with Gasteiger partial charge in [0.25, 0.3) is 11.7 Å². The quantitative estimate of drug-likeness (QED) is 0.248. The van der Waals surface area contributed by atoms with Gasteiger partial charge in [-0.2, -0.15) is 0 Å². The van der Waals surface area contributed by atoms with E-state index >= 15 is 0 Å². The molecule has 35 heavy (non-hydrogen) atoms. The molecule has 2 N–H and O–H groups in total. The van der Waals surface area contributed by atoms with Crippen LogP contribution in [0.2, 0.25) is 0 Å². The number of anilines is 1. The van der Waals surface area contributed by atoms with Gasteiger partial charge in [-0.25, -0.2) is 0 Å². The molecule has 0 spiro atoms. The van der Waals surface area contributed by atoms with Crippen LogP contribution in [0.4, 0.5) is 5.69 Å². The number of aromatic nitrogens is 1. The van der Waals surface area contributed by atoms with Gasteiger partial charge in [-0.05, 0) is 36.5 Å². The Kier molecular flexibility index (Phi) is 7.46. The molecule has 1 amide bonds. The summed E-state index contributed by atoms with van der Waals surface area (Å²) in [6, 6.07) is 15.2. The first kappa shape index (κ1) is 24.4. The highest BCUT2D eigenvalue weighted by Gasteiger charge is 2.48. The molecule has 2 heterocycles. The molecule has 1 atom stereocenters. The number of ketones is 1. The lowest BCUT2D eigenvalue weighted by Gasteiger charge is -2.32. The number of aliphatic hydroxyl groups excluding tert-OH is 2. The van der Waals surface area contributed by atoms with Crippen LogP contribution in [0.3, 0.4) is 0 Å². The molecule has 2 aromatic carbocycles. The summed E-state index contributed by atoms with van der Waals surface area (Å²) in [5, 5.41) is 24.5. The van der Waals surface area contributed by atoms with Gasteiger partial charge in [0.15, 0.2) is 0 Å². The molecule has 1 aliphatic rings. The Morgan fingerprint density at radius 3 is 2.20 bits per heavy atom. The normalized spacial score (nSPS) is 17.5. The van der Waals surface area contributed by atoms with Crippen molar-refractivity contribution in [2.45, 2.75) is 52.2 Å². The molecule has 0 radical (unpaired) electrons. The van der Waals surface area contributed by atoms with E-state index in [2.05, 4.69) is 19.0 Å². The summed E-state index contributed by atoms with van der Waals surface area (Å²) in [6.07, 6.45) is 4.90. The summed E-state index contributed by atoms with van der Waals surface area (Å²) in [6.45, 7) is 4.04. The highest BCUT2D eigenvalue weighted by molar-refractivity contribution is 6.51. The molecule has 0 saturated carbocycles. The number of hydrogen-bond donors (Lipinski definition) is 2. The summed E-state index contributed by atoms with van der Waals surface area (Å²) in [5.74, 6) is -1.51. The first-order chi connectivity index (χ1) is 17.0. The van der Waals surface area contributed by atoms with Crippen molar-refractivity contribution in [3.63, 3.8) is 0 Å². The van der Waals surface area contributed by atoms with Gasteiger partial charge in [0.1, 0.15) is 17.7 Å². The van der Waals surface area contributed by atoms with Crippen molar-refractivity contribution >= 4 is 23.1 Å². The van der Waals surface area contributed by atoms with Crippen molar-refractivity contribution in [3.05, 3.63) is 77.6 Å². The van der Waals surface area contributed by atoms with Crippen LogP contribution in [-0.2, 0) is 16.2 Å². The third-order valence-electron chi connectivity index (χ3n) is 6.54. The van der Waals surface area contributed by atoms with Gasteiger partial charge >= 0.3 is 0 Å². The summed E-state index contributed by atoms with van der Waals surface area (Å²) in [4.78, 5) is 28.2. The van der Waals surface area contributed by atoms with E-state index in [1.165, 1.54) is 6.26 Å². The van der Waals surface area contributed by atoms with Gasteiger partial charge in [-0.15, -0.1) is 0 Å². The van der Waals surface area contributed by atoms with Crippen molar-refractivity contribution in [1.29, 1.82) is 0 Å². The van der Waals surface area contributed by atoms with E-state index in [4.69, 9.17) is 4.52 Å². The fourth-order valence-electron chi connectivity index (χ4n) is 4.87. The predicted octanol–water partition coefficient (Wildman–Crippen LogP) is 5.30. The minimum Gasteiger partial charge on any atom is -0.507 e. The smallest absolute Gasteiger partial charge is 0.299 e. The predicted molar refractivity (Wildman–Crippen MR) is 133 cm³/mol. The van der Waals surface area contributed by atoms with Gasteiger partial charge in [0, 0.05) is 22.9 Å². The van der Waals surface area contributed by atoms with Crippen molar-refractivity contribution in [2.75, 3.05) is 4.90 Å². The van der Waals surface area contributed by atoms with E-state index in [1.54, 1.807) is 47.4 Å². The number of carbonyl (C=O) groups excluding carboxylic acids is 2. The number of benzene rings is 2. The van der Waals surface area contributed by atoms with Crippen LogP contribution in [0.25, 0.3) is 17.0 Å². The summed E-state index contributed by atoms with van der Waals surface area (Å²) in [5.41, 5.74) is 3.38. The Morgan fingerprint density at radius 1 is 1.00 bits per heavy atom. The minimum atomic E-state index is -0.684. The van der Waals surface area contributed by atoms with Gasteiger partial charge in [-0.1, -0.05) is 68.2 Å². The highest BCUT2D eigenvalue weighted by atomic mass is 16.5. The largest absolute Gasteiger partial charge is 0.507 e. The zero-order valence-corrected chi connectivity index (χ0v) is 20.0. The first-order valence-electron chi connectivity index (χ1n) is 12.0. The molecule has 1 fully saturated rings. The van der Waals surface area contributed by atoms with E-state index in [-0.39, 0.29) is 23.9 Å². The number of Topliss-reactive ketones (excluding diaryl/α,β-unsaturated/α-hetero) is 1. The summed E-state index contributed by atoms with van der Waals surface area (Å²) >= 11 is 0. The third kappa shape index (κ3) is 4.77. The number of hydrogen-bond acceptors (Lipinski definition) is 6. The average Bonchev–Trinajstić information content (AvgIpc) is 3.51. The second-order valence-electron chi connectivity index (χ2n) is 8.84. The lowest BCUT2D eigenvalue weighted by molar-refractivity contribution is -0.132. The molecule has 1 aromatic heterocycles. The number of carbonyl (C=O) groups is 2. The van der Waals surface area contributed by atoms with Crippen molar-refractivity contribution in [2.24, 2.45) is 5.92 Å². The van der Waals surface area contributed by atoms with Crippen molar-refractivity contribution in [3.8, 4) is 11.3 Å². The minimum absolute atomic E-state index is 0.00415. The molecule has 7 nitrogen and oxygen atoms in total. The fraction of sp³-hybridized carbons (Fsp3) is 0.321. The van der Waals surface area contributed by atoms with Crippen LogP contribution >= 0.6 is 0 Å². The standard InChI is InChI=1S/C28H30N2O5/c1-3-5-20(6-4-2)25-24(26(32)21-9-7-18(17-31)8-10-21)27(33)28(34)30(25)22-13-11-19(12-14-22)23-15-16-35-29-23/h7-16,20,25,31-32H,3-6,17H2,1-2H3/b26-24-. The maximum Gasteiger partial charge on any atom is 0.299 e. The Hall–Kier alpha value is -3.71. The molecule has 7 heteroatoms. The molecule has 3 aromatic rings. The summed E-state index contributed by atoms with van der Waals surface area (Å²) in [7, 11) is 0. The second-order valence-corrected chi connectivity index (χ2v) is 8.84. The van der Waals surface area contributed by atoms with Gasteiger partial charge < -0.3 is 14.7 Å². The molecular formula is C28H30N2O5. The van der Waals surface area contributed by atoms with E-state index in [0.717, 1.165) is 31.2 Å². The molecule has 0 aliphatic carbocycles. The molecular weight excluding hydrogens is 444 g/mol. The Balaban J connectivity index is 1.81. The average molecular weight is 475 g/mol.